The normalized spacial score (nSPS) is 22.0. The second-order valence-electron chi connectivity index (χ2n) is 6.41. The third-order valence-electron chi connectivity index (χ3n) is 4.60. The number of hydrogen-bond donors (Lipinski definition) is 1. The minimum atomic E-state index is -0.407. The van der Waals surface area contributed by atoms with Gasteiger partial charge in [-0.05, 0) is 25.6 Å². The number of benzene rings is 1. The average molecular weight is 330 g/mol. The maximum atomic E-state index is 13.0. The number of likely N-dealkylation sites (N-methyl/N-ethyl adjacent to an activating group) is 1. The van der Waals surface area contributed by atoms with E-state index in [-0.39, 0.29) is 30.9 Å². The van der Waals surface area contributed by atoms with Gasteiger partial charge in [-0.1, -0.05) is 18.2 Å². The predicted octanol–water partition coefficient (Wildman–Crippen LogP) is 0.515. The van der Waals surface area contributed by atoms with Crippen molar-refractivity contribution in [3.63, 3.8) is 0 Å². The van der Waals surface area contributed by atoms with E-state index in [2.05, 4.69) is 10.2 Å². The van der Waals surface area contributed by atoms with Gasteiger partial charge in [-0.3, -0.25) is 14.5 Å². The Hall–Kier alpha value is -2.41. The van der Waals surface area contributed by atoms with Crippen LogP contribution in [0.15, 0.2) is 24.3 Å². The van der Waals surface area contributed by atoms with Crippen molar-refractivity contribution >= 4 is 17.8 Å². The molecule has 1 aromatic carbocycles. The van der Waals surface area contributed by atoms with Gasteiger partial charge < -0.3 is 15.1 Å². The van der Waals surface area contributed by atoms with Crippen molar-refractivity contribution in [1.82, 2.24) is 20.0 Å². The molecule has 0 unspecified atom stereocenters. The summed E-state index contributed by atoms with van der Waals surface area (Å²) in [6.45, 7) is 4.52. The number of carbonyl (C=O) groups excluding carboxylic acids is 3. The summed E-state index contributed by atoms with van der Waals surface area (Å²) in [5.74, 6) is -0.312. The van der Waals surface area contributed by atoms with Gasteiger partial charge in [0.2, 0.25) is 5.91 Å². The van der Waals surface area contributed by atoms with E-state index < -0.39 is 6.03 Å². The van der Waals surface area contributed by atoms with Crippen molar-refractivity contribution < 1.29 is 14.4 Å². The summed E-state index contributed by atoms with van der Waals surface area (Å²) in [4.78, 5) is 41.8. The van der Waals surface area contributed by atoms with Crippen LogP contribution < -0.4 is 5.32 Å². The zero-order chi connectivity index (χ0) is 17.3. The highest BCUT2D eigenvalue weighted by molar-refractivity contribution is 6.02. The molecule has 0 aromatic heterocycles. The summed E-state index contributed by atoms with van der Waals surface area (Å²) < 4.78 is 0. The van der Waals surface area contributed by atoms with Gasteiger partial charge in [0.1, 0.15) is 0 Å². The number of rotatable bonds is 3. The zero-order valence-corrected chi connectivity index (χ0v) is 14.0. The zero-order valence-electron chi connectivity index (χ0n) is 14.0. The van der Waals surface area contributed by atoms with Crippen molar-refractivity contribution in [2.24, 2.45) is 0 Å². The molecule has 4 amide bonds. The van der Waals surface area contributed by atoms with E-state index in [0.29, 0.717) is 17.7 Å². The van der Waals surface area contributed by atoms with Gasteiger partial charge >= 0.3 is 6.03 Å². The molecule has 7 nitrogen and oxygen atoms in total. The Kier molecular flexibility index (Phi) is 4.53. The Bertz CT molecular complexity index is 660. The number of imide groups is 1. The summed E-state index contributed by atoms with van der Waals surface area (Å²) in [5.41, 5.74) is 1.25. The molecule has 3 rings (SSSR count). The molecule has 0 radical (unpaired) electrons. The first-order valence-electron chi connectivity index (χ1n) is 8.13. The molecule has 128 valence electrons. The topological polar surface area (TPSA) is 73.0 Å². The van der Waals surface area contributed by atoms with Gasteiger partial charge in [0.05, 0.1) is 13.1 Å². The predicted molar refractivity (Wildman–Crippen MR) is 88.4 cm³/mol. The van der Waals surface area contributed by atoms with Crippen LogP contribution in [0.1, 0.15) is 22.8 Å². The largest absolute Gasteiger partial charge is 0.333 e. The molecule has 2 saturated heterocycles. The molecule has 1 aromatic rings. The molecule has 0 spiro atoms. The van der Waals surface area contributed by atoms with Crippen molar-refractivity contribution in [3.8, 4) is 0 Å². The van der Waals surface area contributed by atoms with Crippen molar-refractivity contribution in [1.29, 1.82) is 0 Å². The van der Waals surface area contributed by atoms with Crippen LogP contribution in [0.25, 0.3) is 0 Å². The van der Waals surface area contributed by atoms with Crippen LogP contribution in [0.5, 0.6) is 0 Å². The minimum absolute atomic E-state index is 0.0183. The number of carbonyl (C=O) groups is 3. The van der Waals surface area contributed by atoms with E-state index in [9.17, 15) is 14.4 Å². The number of amides is 4. The van der Waals surface area contributed by atoms with Gasteiger partial charge in [0.15, 0.2) is 0 Å². The molecule has 2 aliphatic heterocycles. The summed E-state index contributed by atoms with van der Waals surface area (Å²) >= 11 is 0. The van der Waals surface area contributed by atoms with Crippen LogP contribution >= 0.6 is 0 Å². The van der Waals surface area contributed by atoms with E-state index in [1.54, 1.807) is 12.1 Å². The Balaban J connectivity index is 1.82. The van der Waals surface area contributed by atoms with Crippen molar-refractivity contribution in [3.05, 3.63) is 35.4 Å². The first-order valence-corrected chi connectivity index (χ1v) is 8.13. The second-order valence-corrected chi connectivity index (χ2v) is 6.41. The Labute approximate surface area is 141 Å². The van der Waals surface area contributed by atoms with Crippen molar-refractivity contribution in [2.75, 3.05) is 33.2 Å². The highest BCUT2D eigenvalue weighted by Gasteiger charge is 2.31. The number of nitrogens with zero attached hydrogens (tertiary/aromatic N) is 3. The maximum Gasteiger partial charge on any atom is 0.324 e. The lowest BCUT2D eigenvalue weighted by atomic mass is 10.0. The van der Waals surface area contributed by atoms with Crippen LogP contribution in [0, 0.1) is 0 Å². The Morgan fingerprint density at radius 1 is 1.25 bits per heavy atom. The molecule has 1 N–H and O–H groups in total. The standard InChI is InChI=1S/C17H22N4O3/c1-12-10-19(2)7-8-20(12)16(23)14-6-4-3-5-13(14)11-21-15(22)9-18-17(21)24/h3-6,12H,7-11H2,1-2H3,(H,18,24)/t12-/m1/s1. The van der Waals surface area contributed by atoms with Gasteiger partial charge in [-0.25, -0.2) is 4.79 Å². The number of piperazine rings is 1. The molecule has 0 bridgehead atoms. The van der Waals surface area contributed by atoms with Crippen LogP contribution in [-0.2, 0) is 11.3 Å². The van der Waals surface area contributed by atoms with Crippen LogP contribution in [-0.4, -0.2) is 71.8 Å². The summed E-state index contributed by atoms with van der Waals surface area (Å²) in [7, 11) is 2.05. The number of urea groups is 1. The van der Waals surface area contributed by atoms with Crippen LogP contribution in [0.4, 0.5) is 4.79 Å². The molecule has 2 heterocycles. The van der Waals surface area contributed by atoms with Crippen LogP contribution in [0.3, 0.4) is 0 Å². The second kappa shape index (κ2) is 6.60. The lowest BCUT2D eigenvalue weighted by molar-refractivity contribution is -0.125. The fraction of sp³-hybridized carbons (Fsp3) is 0.471. The summed E-state index contributed by atoms with van der Waals surface area (Å²) in [5, 5.41) is 2.50. The molecule has 24 heavy (non-hydrogen) atoms. The molecule has 1 atom stereocenters. The fourth-order valence-electron chi connectivity index (χ4n) is 3.25. The molecule has 0 saturated carbocycles. The van der Waals surface area contributed by atoms with E-state index in [4.69, 9.17) is 0 Å². The van der Waals surface area contributed by atoms with Gasteiger partial charge in [0, 0.05) is 31.2 Å². The number of nitrogens with one attached hydrogen (secondary N) is 1. The SMILES string of the molecule is C[C@@H]1CN(C)CCN1C(=O)c1ccccc1CN1C(=O)CNC1=O. The summed E-state index contributed by atoms with van der Waals surface area (Å²) in [6.07, 6.45) is 0. The van der Waals surface area contributed by atoms with E-state index in [1.165, 1.54) is 0 Å². The first kappa shape index (κ1) is 16.4. The fourth-order valence-corrected chi connectivity index (χ4v) is 3.25. The first-order chi connectivity index (χ1) is 11.5. The van der Waals surface area contributed by atoms with Gasteiger partial charge in [0.25, 0.3) is 5.91 Å². The maximum absolute atomic E-state index is 13.0. The monoisotopic (exact) mass is 330 g/mol. The van der Waals surface area contributed by atoms with Gasteiger partial charge in [-0.15, -0.1) is 0 Å². The van der Waals surface area contributed by atoms with E-state index in [0.717, 1.165) is 18.0 Å². The lowest BCUT2D eigenvalue weighted by Crippen LogP contribution is -2.52. The van der Waals surface area contributed by atoms with Crippen molar-refractivity contribution in [2.45, 2.75) is 19.5 Å². The Morgan fingerprint density at radius 3 is 2.67 bits per heavy atom. The smallest absolute Gasteiger partial charge is 0.324 e. The highest BCUT2D eigenvalue weighted by Crippen LogP contribution is 2.19. The minimum Gasteiger partial charge on any atom is -0.333 e. The van der Waals surface area contributed by atoms with Crippen LogP contribution in [0.2, 0.25) is 0 Å². The van der Waals surface area contributed by atoms with E-state index >= 15 is 0 Å². The highest BCUT2D eigenvalue weighted by atomic mass is 16.2. The average Bonchev–Trinajstić information content (AvgIpc) is 2.87. The third kappa shape index (κ3) is 3.12. The lowest BCUT2D eigenvalue weighted by Gasteiger charge is -2.38. The van der Waals surface area contributed by atoms with E-state index in [1.807, 2.05) is 31.0 Å². The molecular weight excluding hydrogens is 308 g/mol. The molecule has 2 fully saturated rings. The number of hydrogen-bond acceptors (Lipinski definition) is 4. The molecular formula is C17H22N4O3. The third-order valence-corrected chi connectivity index (χ3v) is 4.60. The quantitative estimate of drug-likeness (QED) is 0.820. The Morgan fingerprint density at radius 2 is 2.00 bits per heavy atom. The molecule has 7 heteroatoms. The summed E-state index contributed by atoms with van der Waals surface area (Å²) in [6, 6.07) is 6.91. The van der Waals surface area contributed by atoms with Gasteiger partial charge in [-0.2, -0.15) is 0 Å². The molecule has 2 aliphatic rings. The molecule has 0 aliphatic carbocycles.